The Morgan fingerprint density at radius 3 is 2.06 bits per heavy atom. The molecule has 4 heteroatoms. The fraction of sp³-hybridized carbons (Fsp3) is 0.0345. The Hall–Kier alpha value is -4.62. The summed E-state index contributed by atoms with van der Waals surface area (Å²) < 4.78 is 7.89. The van der Waals surface area contributed by atoms with E-state index >= 15 is 0 Å². The van der Waals surface area contributed by atoms with Crippen LogP contribution in [-0.4, -0.2) is 16.1 Å². The zero-order valence-corrected chi connectivity index (χ0v) is 17.8. The number of allylic oxidation sites excluding steroid dienone is 1. The van der Waals surface area contributed by atoms with Gasteiger partial charge in [-0.25, -0.2) is 0 Å². The number of nitrogens with zero attached hydrogens (tertiary/aromatic N) is 1. The number of hydrogen-bond acceptors (Lipinski definition) is 3. The number of fused-ring (bicyclic) bond motifs is 3. The van der Waals surface area contributed by atoms with Crippen molar-refractivity contribution in [1.29, 1.82) is 0 Å². The monoisotopic (exact) mass is 427 g/mol. The lowest BCUT2D eigenvalue weighted by atomic mass is 10.0. The van der Waals surface area contributed by atoms with Crippen LogP contribution in [-0.2, 0) is 7.05 Å². The van der Waals surface area contributed by atoms with Crippen LogP contribution in [0.25, 0.3) is 27.9 Å². The van der Waals surface area contributed by atoms with Gasteiger partial charge in [0.05, 0.1) is 16.8 Å². The molecule has 1 aliphatic carbocycles. The number of rotatable bonds is 1. The zero-order valence-electron chi connectivity index (χ0n) is 17.8. The van der Waals surface area contributed by atoms with Crippen molar-refractivity contribution in [3.8, 4) is 11.8 Å². The first-order chi connectivity index (χ1) is 16.1. The summed E-state index contributed by atoms with van der Waals surface area (Å²) in [5.41, 5.74) is 4.27. The van der Waals surface area contributed by atoms with E-state index in [1.165, 1.54) is 0 Å². The third-order valence-corrected chi connectivity index (χ3v) is 6.01. The van der Waals surface area contributed by atoms with Crippen LogP contribution in [0.4, 0.5) is 0 Å². The predicted octanol–water partition coefficient (Wildman–Crippen LogP) is 5.79. The molecule has 0 fully saturated rings. The lowest BCUT2D eigenvalue weighted by Crippen LogP contribution is -1.99. The van der Waals surface area contributed by atoms with Crippen molar-refractivity contribution in [3.05, 3.63) is 113 Å². The molecule has 156 valence electrons. The normalized spacial score (nSPS) is 12.8. The fourth-order valence-electron chi connectivity index (χ4n) is 4.26. The molecule has 0 amide bonds. The van der Waals surface area contributed by atoms with Crippen LogP contribution in [0.3, 0.4) is 0 Å². The lowest BCUT2D eigenvalue weighted by molar-refractivity contribution is 0.0990. The second-order valence-electron chi connectivity index (χ2n) is 8.06. The maximum Gasteiger partial charge on any atom is 0.197 e. The SMILES string of the molecule is Cn1c(C#Cc2ccccc2)cc2oc(C=C3C(=O)c4cc5ccccc5cc4C3=O)cc21. The molecule has 1 aliphatic rings. The summed E-state index contributed by atoms with van der Waals surface area (Å²) in [6.07, 6.45) is 1.55. The lowest BCUT2D eigenvalue weighted by Gasteiger charge is -2.00. The van der Waals surface area contributed by atoms with Gasteiger partial charge in [-0.3, -0.25) is 9.59 Å². The highest BCUT2D eigenvalue weighted by Crippen LogP contribution is 2.32. The van der Waals surface area contributed by atoms with E-state index in [0.717, 1.165) is 27.5 Å². The molecule has 5 aromatic rings. The second-order valence-corrected chi connectivity index (χ2v) is 8.06. The Morgan fingerprint density at radius 1 is 0.788 bits per heavy atom. The summed E-state index contributed by atoms with van der Waals surface area (Å²) in [5, 5.41) is 1.87. The van der Waals surface area contributed by atoms with Gasteiger partial charge in [0.2, 0.25) is 0 Å². The number of Topliss-reactive ketones (excluding diaryl/α,β-unsaturated/α-hetero) is 2. The Balaban J connectivity index is 1.36. The molecule has 0 radical (unpaired) electrons. The van der Waals surface area contributed by atoms with E-state index < -0.39 is 0 Å². The Bertz CT molecular complexity index is 1650. The molecule has 0 saturated heterocycles. The molecule has 2 heterocycles. The molecule has 0 aliphatic heterocycles. The van der Waals surface area contributed by atoms with Crippen molar-refractivity contribution in [3.63, 3.8) is 0 Å². The number of hydrogen-bond donors (Lipinski definition) is 0. The molecule has 0 atom stereocenters. The number of carbonyl (C=O) groups excluding carboxylic acids is 2. The predicted molar refractivity (Wildman–Crippen MR) is 128 cm³/mol. The van der Waals surface area contributed by atoms with E-state index in [9.17, 15) is 9.59 Å². The zero-order chi connectivity index (χ0) is 22.5. The van der Waals surface area contributed by atoms with Crippen LogP contribution in [0.15, 0.2) is 88.9 Å². The number of ketones is 2. The van der Waals surface area contributed by atoms with E-state index in [2.05, 4.69) is 11.8 Å². The highest BCUT2D eigenvalue weighted by atomic mass is 16.3. The molecule has 0 saturated carbocycles. The van der Waals surface area contributed by atoms with Crippen LogP contribution in [0.5, 0.6) is 0 Å². The summed E-state index contributed by atoms with van der Waals surface area (Å²) in [7, 11) is 1.91. The van der Waals surface area contributed by atoms with Crippen LogP contribution in [0, 0.1) is 11.8 Å². The maximum absolute atomic E-state index is 13.0. The quantitative estimate of drug-likeness (QED) is 0.193. The summed E-state index contributed by atoms with van der Waals surface area (Å²) in [5.74, 6) is 6.24. The summed E-state index contributed by atoms with van der Waals surface area (Å²) >= 11 is 0. The average molecular weight is 427 g/mol. The van der Waals surface area contributed by atoms with Crippen LogP contribution in [0.1, 0.15) is 37.7 Å². The first kappa shape index (κ1) is 19.1. The minimum absolute atomic E-state index is 0.128. The van der Waals surface area contributed by atoms with Crippen LogP contribution < -0.4 is 0 Å². The van der Waals surface area contributed by atoms with E-state index in [1.54, 1.807) is 18.2 Å². The van der Waals surface area contributed by atoms with Gasteiger partial charge in [0.1, 0.15) is 5.76 Å². The standard InChI is InChI=1S/C29H17NO3/c1-30-21(12-11-18-7-3-2-4-8-18)15-27-26(30)17-22(33-27)16-25-28(31)23-13-19-9-5-6-10-20(19)14-24(23)29(25)32/h2-10,13-17H,1H3. The maximum atomic E-state index is 13.0. The van der Waals surface area contributed by atoms with Crippen molar-refractivity contribution >= 4 is 39.5 Å². The molecule has 0 spiro atoms. The van der Waals surface area contributed by atoms with Crippen molar-refractivity contribution in [2.75, 3.05) is 0 Å². The van der Waals surface area contributed by atoms with Gasteiger partial charge in [0.25, 0.3) is 0 Å². The average Bonchev–Trinajstić information content (AvgIpc) is 3.44. The van der Waals surface area contributed by atoms with Gasteiger partial charge in [-0.2, -0.15) is 0 Å². The molecule has 2 aromatic heterocycles. The van der Waals surface area contributed by atoms with Gasteiger partial charge in [-0.05, 0) is 47.0 Å². The van der Waals surface area contributed by atoms with E-state index in [0.29, 0.717) is 22.5 Å². The summed E-state index contributed by atoms with van der Waals surface area (Å²) in [6, 6.07) is 24.8. The largest absolute Gasteiger partial charge is 0.455 e. The number of furan rings is 1. The summed E-state index contributed by atoms with van der Waals surface area (Å²) in [4.78, 5) is 26.0. The van der Waals surface area contributed by atoms with Gasteiger partial charge in [-0.15, -0.1) is 0 Å². The fourth-order valence-corrected chi connectivity index (χ4v) is 4.26. The number of aromatic nitrogens is 1. The van der Waals surface area contributed by atoms with Crippen LogP contribution in [0.2, 0.25) is 0 Å². The van der Waals surface area contributed by atoms with Crippen molar-refractivity contribution in [2.45, 2.75) is 0 Å². The highest BCUT2D eigenvalue weighted by molar-refractivity contribution is 6.42. The minimum Gasteiger partial charge on any atom is -0.455 e. The van der Waals surface area contributed by atoms with Gasteiger partial charge in [-0.1, -0.05) is 48.4 Å². The third kappa shape index (κ3) is 3.10. The van der Waals surface area contributed by atoms with E-state index in [-0.39, 0.29) is 17.1 Å². The molecule has 4 nitrogen and oxygen atoms in total. The first-order valence-electron chi connectivity index (χ1n) is 10.6. The Kier molecular flexibility index (Phi) is 4.18. The number of benzene rings is 3. The molecule has 6 rings (SSSR count). The second kappa shape index (κ2) is 7.22. The topological polar surface area (TPSA) is 52.2 Å². The van der Waals surface area contributed by atoms with Gasteiger partial charge < -0.3 is 8.98 Å². The van der Waals surface area contributed by atoms with E-state index in [1.807, 2.05) is 78.3 Å². The minimum atomic E-state index is -0.268. The first-order valence-corrected chi connectivity index (χ1v) is 10.6. The Morgan fingerprint density at radius 2 is 1.42 bits per heavy atom. The van der Waals surface area contributed by atoms with Crippen molar-refractivity contribution < 1.29 is 14.0 Å². The molecular formula is C29H17NO3. The Labute approximate surface area is 189 Å². The molecule has 33 heavy (non-hydrogen) atoms. The summed E-state index contributed by atoms with van der Waals surface area (Å²) in [6.45, 7) is 0. The van der Waals surface area contributed by atoms with Gasteiger partial charge in [0.15, 0.2) is 17.1 Å². The molecule has 0 N–H and O–H groups in total. The van der Waals surface area contributed by atoms with Gasteiger partial charge >= 0.3 is 0 Å². The molecular weight excluding hydrogens is 410 g/mol. The molecule has 0 bridgehead atoms. The third-order valence-electron chi connectivity index (χ3n) is 6.01. The number of aryl methyl sites for hydroxylation is 1. The smallest absolute Gasteiger partial charge is 0.197 e. The highest BCUT2D eigenvalue weighted by Gasteiger charge is 2.33. The number of carbonyl (C=O) groups is 2. The molecule has 3 aromatic carbocycles. The van der Waals surface area contributed by atoms with Crippen molar-refractivity contribution in [1.82, 2.24) is 4.57 Å². The van der Waals surface area contributed by atoms with Crippen molar-refractivity contribution in [2.24, 2.45) is 7.05 Å². The van der Waals surface area contributed by atoms with E-state index in [4.69, 9.17) is 4.42 Å². The van der Waals surface area contributed by atoms with Crippen LogP contribution >= 0.6 is 0 Å². The van der Waals surface area contributed by atoms with Gasteiger partial charge in [0, 0.05) is 35.9 Å². The molecule has 0 unspecified atom stereocenters.